The monoisotopic (exact) mass is 504 g/mol. The topological polar surface area (TPSA) is 49.4 Å². The van der Waals surface area contributed by atoms with Crippen molar-refractivity contribution in [2.24, 2.45) is 0 Å². The molecule has 0 radical (unpaired) electrons. The number of allylic oxidation sites excluding steroid dienone is 5. The van der Waals surface area contributed by atoms with Gasteiger partial charge in [0, 0.05) is 33.6 Å². The van der Waals surface area contributed by atoms with Crippen LogP contribution in [0.25, 0.3) is 10.4 Å². The summed E-state index contributed by atoms with van der Waals surface area (Å²) in [6.45, 7) is 4.32. The largest absolute Gasteiger partial charge is 0.325 e. The minimum absolute atomic E-state index is 0.0827. The smallest absolute Gasteiger partial charge is 0.265 e. The van der Waals surface area contributed by atoms with Gasteiger partial charge in [0.1, 0.15) is 5.83 Å². The number of nitrogens with one attached hydrogen (secondary N) is 1. The Bertz CT molecular complexity index is 1350. The van der Waals surface area contributed by atoms with Crippen LogP contribution in [0.3, 0.4) is 0 Å². The lowest BCUT2D eigenvalue weighted by atomic mass is 10.1. The highest BCUT2D eigenvalue weighted by Crippen LogP contribution is 2.41. The SMILES string of the molecule is CC(C)=C/C=C\C(F)=C\NC(=O)c1cc2c(s1)-c1ccccc1N(C(=O)c1ccc(S)cc1)CC2. The van der Waals surface area contributed by atoms with Crippen LogP contribution in [0.1, 0.15) is 39.4 Å². The summed E-state index contributed by atoms with van der Waals surface area (Å²) < 4.78 is 14.0. The number of fused-ring (bicyclic) bond motifs is 3. The van der Waals surface area contributed by atoms with Crippen LogP contribution in [0, 0.1) is 0 Å². The molecule has 1 aliphatic heterocycles. The predicted molar refractivity (Wildman–Crippen MR) is 144 cm³/mol. The quantitative estimate of drug-likeness (QED) is 0.291. The average Bonchev–Trinajstić information content (AvgIpc) is 3.21. The highest BCUT2D eigenvalue weighted by molar-refractivity contribution is 7.80. The van der Waals surface area contributed by atoms with Gasteiger partial charge in [-0.3, -0.25) is 9.59 Å². The molecule has 1 aliphatic rings. The summed E-state index contributed by atoms with van der Waals surface area (Å²) >= 11 is 5.65. The number of para-hydroxylation sites is 1. The molecule has 1 N–H and O–H groups in total. The van der Waals surface area contributed by atoms with Crippen LogP contribution >= 0.6 is 24.0 Å². The van der Waals surface area contributed by atoms with Crippen LogP contribution in [-0.2, 0) is 6.42 Å². The van der Waals surface area contributed by atoms with Crippen molar-refractivity contribution in [2.75, 3.05) is 11.4 Å². The third-order valence-electron chi connectivity index (χ3n) is 5.46. The molecule has 178 valence electrons. The third-order valence-corrected chi connectivity index (χ3v) is 6.97. The van der Waals surface area contributed by atoms with Crippen LogP contribution in [-0.4, -0.2) is 18.4 Å². The number of halogens is 1. The van der Waals surface area contributed by atoms with Gasteiger partial charge in [0.2, 0.25) is 0 Å². The molecular weight excluding hydrogens is 479 g/mol. The number of hydrogen-bond donors (Lipinski definition) is 2. The minimum atomic E-state index is -0.542. The van der Waals surface area contributed by atoms with E-state index in [-0.39, 0.29) is 11.8 Å². The van der Waals surface area contributed by atoms with Crippen molar-refractivity contribution >= 4 is 41.5 Å². The van der Waals surface area contributed by atoms with E-state index in [1.54, 1.807) is 41.3 Å². The Morgan fingerprint density at radius 3 is 2.60 bits per heavy atom. The molecular formula is C28H25FN2O2S2. The first-order chi connectivity index (χ1) is 16.8. The van der Waals surface area contributed by atoms with Crippen molar-refractivity contribution in [1.29, 1.82) is 0 Å². The number of benzene rings is 2. The highest BCUT2D eigenvalue weighted by atomic mass is 32.1. The van der Waals surface area contributed by atoms with E-state index < -0.39 is 5.83 Å². The van der Waals surface area contributed by atoms with Crippen LogP contribution in [0.2, 0.25) is 0 Å². The van der Waals surface area contributed by atoms with E-state index in [1.807, 2.05) is 44.2 Å². The number of amides is 2. The van der Waals surface area contributed by atoms with Gasteiger partial charge in [0.15, 0.2) is 0 Å². The van der Waals surface area contributed by atoms with E-state index in [4.69, 9.17) is 0 Å². The highest BCUT2D eigenvalue weighted by Gasteiger charge is 2.27. The summed E-state index contributed by atoms with van der Waals surface area (Å²) in [4.78, 5) is 30.1. The summed E-state index contributed by atoms with van der Waals surface area (Å²) in [6.07, 6.45) is 6.33. The second kappa shape index (κ2) is 10.9. The maximum Gasteiger partial charge on any atom is 0.265 e. The fourth-order valence-corrected chi connectivity index (χ4v) is 5.06. The number of hydrogen-bond acceptors (Lipinski definition) is 4. The molecule has 1 aromatic heterocycles. The van der Waals surface area contributed by atoms with E-state index in [9.17, 15) is 14.0 Å². The van der Waals surface area contributed by atoms with Gasteiger partial charge in [-0.2, -0.15) is 0 Å². The van der Waals surface area contributed by atoms with Crippen molar-refractivity contribution in [1.82, 2.24) is 5.32 Å². The lowest BCUT2D eigenvalue weighted by Gasteiger charge is -2.23. The number of rotatable bonds is 5. The molecule has 0 unspecified atom stereocenters. The van der Waals surface area contributed by atoms with Crippen LogP contribution < -0.4 is 10.2 Å². The van der Waals surface area contributed by atoms with Gasteiger partial charge in [-0.1, -0.05) is 35.9 Å². The van der Waals surface area contributed by atoms with Crippen LogP contribution in [0.4, 0.5) is 10.1 Å². The summed E-state index contributed by atoms with van der Waals surface area (Å²) in [5.74, 6) is -0.994. The zero-order chi connectivity index (χ0) is 24.9. The summed E-state index contributed by atoms with van der Waals surface area (Å²) in [6, 6.07) is 16.7. The second-order valence-electron chi connectivity index (χ2n) is 8.34. The first kappa shape index (κ1) is 24.7. The number of anilines is 1. The summed E-state index contributed by atoms with van der Waals surface area (Å²) in [7, 11) is 0. The molecule has 0 spiro atoms. The van der Waals surface area contributed by atoms with Gasteiger partial charge in [-0.05, 0) is 68.3 Å². The van der Waals surface area contributed by atoms with E-state index >= 15 is 0 Å². The standard InChI is InChI=1S/C28H25FN2O2S2/c1-18(2)6-5-7-21(29)17-30-27(32)25-16-20-14-15-31(28(33)19-10-12-22(34)13-11-19)24-9-4-3-8-23(24)26(20)35-25/h3-13,16-17,34H,14-15H2,1-2H3,(H,30,32)/b7-5-,21-17-. The van der Waals surface area contributed by atoms with E-state index in [0.717, 1.165) is 38.4 Å². The number of carbonyl (C=O) groups excluding carboxylic acids is 2. The fourth-order valence-electron chi connectivity index (χ4n) is 3.77. The first-order valence-corrected chi connectivity index (χ1v) is 12.4. The Labute approximate surface area is 213 Å². The lowest BCUT2D eigenvalue weighted by molar-refractivity contribution is 0.0969. The molecule has 0 saturated heterocycles. The molecule has 7 heteroatoms. The Hall–Kier alpha value is -3.42. The van der Waals surface area contributed by atoms with E-state index in [0.29, 0.717) is 23.4 Å². The van der Waals surface area contributed by atoms with E-state index in [2.05, 4.69) is 17.9 Å². The molecule has 4 rings (SSSR count). The van der Waals surface area contributed by atoms with Crippen molar-refractivity contribution in [3.63, 3.8) is 0 Å². The number of nitrogens with zero attached hydrogens (tertiary/aromatic N) is 1. The van der Waals surface area contributed by atoms with Gasteiger partial charge in [-0.25, -0.2) is 4.39 Å². The van der Waals surface area contributed by atoms with Crippen molar-refractivity contribution in [3.05, 3.63) is 106 Å². The molecule has 0 aliphatic carbocycles. The van der Waals surface area contributed by atoms with Crippen LogP contribution in [0.15, 0.2) is 95.3 Å². The van der Waals surface area contributed by atoms with Gasteiger partial charge in [-0.15, -0.1) is 24.0 Å². The number of thiophene rings is 1. The van der Waals surface area contributed by atoms with Gasteiger partial charge < -0.3 is 10.2 Å². The molecule has 0 atom stereocenters. The molecule has 0 bridgehead atoms. The van der Waals surface area contributed by atoms with Crippen molar-refractivity contribution < 1.29 is 14.0 Å². The molecule has 35 heavy (non-hydrogen) atoms. The Balaban J connectivity index is 1.59. The van der Waals surface area contributed by atoms with Gasteiger partial charge >= 0.3 is 0 Å². The van der Waals surface area contributed by atoms with Crippen molar-refractivity contribution in [3.8, 4) is 10.4 Å². The summed E-state index contributed by atoms with van der Waals surface area (Å²) in [5.41, 5.74) is 4.33. The number of carbonyl (C=O) groups is 2. The Morgan fingerprint density at radius 1 is 1.11 bits per heavy atom. The fraction of sp³-hybridized carbons (Fsp3) is 0.143. The van der Waals surface area contributed by atoms with Gasteiger partial charge in [0.25, 0.3) is 11.8 Å². The third kappa shape index (κ3) is 5.81. The van der Waals surface area contributed by atoms with Crippen LogP contribution in [0.5, 0.6) is 0 Å². The second-order valence-corrected chi connectivity index (χ2v) is 9.91. The lowest BCUT2D eigenvalue weighted by Crippen LogP contribution is -2.32. The molecule has 2 heterocycles. The molecule has 2 aromatic carbocycles. The maximum atomic E-state index is 14.0. The summed E-state index contributed by atoms with van der Waals surface area (Å²) in [5, 5.41) is 2.53. The van der Waals surface area contributed by atoms with E-state index in [1.165, 1.54) is 17.4 Å². The Kier molecular flexibility index (Phi) is 7.68. The molecule has 3 aromatic rings. The molecule has 4 nitrogen and oxygen atoms in total. The normalized spacial score (nSPS) is 13.1. The molecule has 0 fully saturated rings. The van der Waals surface area contributed by atoms with Crippen molar-refractivity contribution in [2.45, 2.75) is 25.2 Å². The average molecular weight is 505 g/mol. The maximum absolute atomic E-state index is 14.0. The molecule has 0 saturated carbocycles. The predicted octanol–water partition coefficient (Wildman–Crippen LogP) is 6.97. The van der Waals surface area contributed by atoms with Gasteiger partial charge in [0.05, 0.1) is 10.6 Å². The number of thiol groups is 1. The zero-order valence-corrected chi connectivity index (χ0v) is 21.1. The molecule has 2 amide bonds. The minimum Gasteiger partial charge on any atom is -0.325 e. The first-order valence-electron chi connectivity index (χ1n) is 11.1. The Morgan fingerprint density at radius 2 is 1.86 bits per heavy atom. The zero-order valence-electron chi connectivity index (χ0n) is 19.4.